The Hall–Kier alpha value is -1.78. The van der Waals surface area contributed by atoms with Gasteiger partial charge in [0.2, 0.25) is 0 Å². The summed E-state index contributed by atoms with van der Waals surface area (Å²) < 4.78 is 0. The van der Waals surface area contributed by atoms with Gasteiger partial charge in [-0.1, -0.05) is 20.3 Å². The van der Waals surface area contributed by atoms with E-state index >= 15 is 0 Å². The second kappa shape index (κ2) is 5.52. The summed E-state index contributed by atoms with van der Waals surface area (Å²) in [6.45, 7) is 6.21. The van der Waals surface area contributed by atoms with Gasteiger partial charge in [0.05, 0.1) is 11.9 Å². The number of aromatic nitrogens is 1. The molecule has 0 saturated heterocycles. The first-order valence-corrected chi connectivity index (χ1v) is 5.71. The number of nitrogens with zero attached hydrogens (tertiary/aromatic N) is 1. The predicted molar refractivity (Wildman–Crippen MR) is 68.1 cm³/mol. The Kier molecular flexibility index (Phi) is 4.31. The number of hydrogen-bond acceptors (Lipinski definition) is 4. The molecule has 1 heterocycles. The summed E-state index contributed by atoms with van der Waals surface area (Å²) in [5.74, 6) is -0.209. The number of nitrogen functional groups attached to an aromatic ring is 1. The fourth-order valence-corrected chi connectivity index (χ4v) is 1.47. The number of carboxylic acid groups (broad SMARTS) is 1. The third-order valence-electron chi connectivity index (χ3n) is 3.00. The average molecular weight is 237 g/mol. The highest BCUT2D eigenvalue weighted by molar-refractivity contribution is 5.94. The molecule has 1 aromatic heterocycles. The van der Waals surface area contributed by atoms with E-state index in [1.807, 2.05) is 6.92 Å². The van der Waals surface area contributed by atoms with Crippen molar-refractivity contribution in [3.05, 3.63) is 17.8 Å². The molecule has 0 aliphatic heterocycles. The minimum absolute atomic E-state index is 0.111. The van der Waals surface area contributed by atoms with Gasteiger partial charge in [-0.25, -0.2) is 9.78 Å². The van der Waals surface area contributed by atoms with Crippen LogP contribution < -0.4 is 11.1 Å². The molecule has 0 aliphatic carbocycles. The molecule has 0 fully saturated rings. The van der Waals surface area contributed by atoms with E-state index in [-0.39, 0.29) is 11.6 Å². The number of pyridine rings is 1. The highest BCUT2D eigenvalue weighted by atomic mass is 16.4. The van der Waals surface area contributed by atoms with E-state index in [2.05, 4.69) is 24.1 Å². The van der Waals surface area contributed by atoms with E-state index in [0.29, 0.717) is 17.4 Å². The first-order valence-electron chi connectivity index (χ1n) is 5.71. The Morgan fingerprint density at radius 3 is 2.76 bits per heavy atom. The van der Waals surface area contributed by atoms with Crippen LogP contribution in [0.15, 0.2) is 12.3 Å². The van der Waals surface area contributed by atoms with Gasteiger partial charge in [-0.2, -0.15) is 0 Å². The maximum Gasteiger partial charge on any atom is 0.339 e. The molecule has 4 N–H and O–H groups in total. The third-order valence-corrected chi connectivity index (χ3v) is 3.00. The third kappa shape index (κ3) is 3.34. The minimum atomic E-state index is -1.02. The molecule has 0 spiro atoms. The second-order valence-corrected chi connectivity index (χ2v) is 4.29. The van der Waals surface area contributed by atoms with Crippen LogP contribution in [0.3, 0.4) is 0 Å². The second-order valence-electron chi connectivity index (χ2n) is 4.29. The van der Waals surface area contributed by atoms with Crippen LogP contribution in [0.25, 0.3) is 0 Å². The molecule has 0 radical (unpaired) electrons. The van der Waals surface area contributed by atoms with Gasteiger partial charge < -0.3 is 16.2 Å². The van der Waals surface area contributed by atoms with Gasteiger partial charge in [0, 0.05) is 6.04 Å². The molecule has 5 nitrogen and oxygen atoms in total. The molecule has 0 aliphatic rings. The predicted octanol–water partition coefficient (Wildman–Crippen LogP) is 2.21. The number of carbonyl (C=O) groups is 1. The van der Waals surface area contributed by atoms with Gasteiger partial charge in [-0.3, -0.25) is 0 Å². The Morgan fingerprint density at radius 2 is 2.24 bits per heavy atom. The lowest BCUT2D eigenvalue weighted by Gasteiger charge is -2.21. The van der Waals surface area contributed by atoms with Crippen LogP contribution in [0, 0.1) is 5.92 Å². The van der Waals surface area contributed by atoms with Crippen molar-refractivity contribution < 1.29 is 9.90 Å². The molecule has 2 atom stereocenters. The molecule has 94 valence electrons. The molecule has 1 aromatic rings. The van der Waals surface area contributed by atoms with Crippen molar-refractivity contribution >= 4 is 17.5 Å². The summed E-state index contributed by atoms with van der Waals surface area (Å²) in [6.07, 6.45) is 2.48. The highest BCUT2D eigenvalue weighted by Crippen LogP contribution is 2.19. The minimum Gasteiger partial charge on any atom is -0.478 e. The van der Waals surface area contributed by atoms with Gasteiger partial charge in [0.15, 0.2) is 0 Å². The van der Waals surface area contributed by atoms with Crippen molar-refractivity contribution in [1.29, 1.82) is 0 Å². The lowest BCUT2D eigenvalue weighted by Crippen LogP contribution is -2.25. The van der Waals surface area contributed by atoms with Gasteiger partial charge in [-0.15, -0.1) is 0 Å². The number of nitrogens with two attached hydrogens (primary N) is 1. The van der Waals surface area contributed by atoms with Gasteiger partial charge in [-0.05, 0) is 18.9 Å². The average Bonchev–Trinajstić information content (AvgIpc) is 2.29. The van der Waals surface area contributed by atoms with Crippen LogP contribution in [0.4, 0.5) is 11.5 Å². The lowest BCUT2D eigenvalue weighted by molar-refractivity contribution is 0.0697. The number of aromatic carboxylic acids is 1. The van der Waals surface area contributed by atoms with E-state index in [9.17, 15) is 4.79 Å². The zero-order valence-electron chi connectivity index (χ0n) is 10.4. The van der Waals surface area contributed by atoms with Crippen LogP contribution >= 0.6 is 0 Å². The number of hydrogen-bond donors (Lipinski definition) is 3. The topological polar surface area (TPSA) is 88.2 Å². The summed E-state index contributed by atoms with van der Waals surface area (Å²) in [6, 6.07) is 1.58. The summed E-state index contributed by atoms with van der Waals surface area (Å²) in [5.41, 5.74) is 5.99. The number of nitrogens with one attached hydrogen (secondary N) is 1. The van der Waals surface area contributed by atoms with Crippen molar-refractivity contribution in [2.45, 2.75) is 33.2 Å². The van der Waals surface area contributed by atoms with Gasteiger partial charge in [0.25, 0.3) is 0 Å². The Bertz CT molecular complexity index is 407. The summed E-state index contributed by atoms with van der Waals surface area (Å²) in [4.78, 5) is 15.1. The molecule has 0 saturated carbocycles. The quantitative estimate of drug-likeness (QED) is 0.730. The molecule has 0 amide bonds. The molecule has 2 unspecified atom stereocenters. The van der Waals surface area contributed by atoms with Crippen LogP contribution in [-0.4, -0.2) is 22.1 Å². The monoisotopic (exact) mass is 237 g/mol. The molecule has 0 bridgehead atoms. The van der Waals surface area contributed by atoms with Crippen molar-refractivity contribution in [3.63, 3.8) is 0 Å². The lowest BCUT2D eigenvalue weighted by atomic mass is 10.0. The van der Waals surface area contributed by atoms with E-state index in [1.54, 1.807) is 0 Å². The Balaban J connectivity index is 2.94. The van der Waals surface area contributed by atoms with Crippen molar-refractivity contribution in [2.75, 3.05) is 11.1 Å². The molecule has 0 aromatic carbocycles. The zero-order chi connectivity index (χ0) is 13.0. The smallest absolute Gasteiger partial charge is 0.339 e. The summed E-state index contributed by atoms with van der Waals surface area (Å²) >= 11 is 0. The fraction of sp³-hybridized carbons (Fsp3) is 0.500. The van der Waals surface area contributed by atoms with Crippen molar-refractivity contribution in [3.8, 4) is 0 Å². The first kappa shape index (κ1) is 13.3. The molecule has 1 rings (SSSR count). The van der Waals surface area contributed by atoms with Gasteiger partial charge in [0.1, 0.15) is 11.4 Å². The first-order chi connectivity index (χ1) is 7.95. The summed E-state index contributed by atoms with van der Waals surface area (Å²) in [5, 5.41) is 12.2. The standard InChI is InChI=1S/C12H19N3O2/c1-4-7(2)8(3)15-11-10(12(16)17)5-9(13)6-14-11/h5-8H,4,13H2,1-3H3,(H,14,15)(H,16,17). The SMILES string of the molecule is CCC(C)C(C)Nc1ncc(N)cc1C(=O)O. The molecule has 17 heavy (non-hydrogen) atoms. The number of anilines is 2. The van der Waals surface area contributed by atoms with Crippen LogP contribution in [0.5, 0.6) is 0 Å². The number of rotatable bonds is 5. The van der Waals surface area contributed by atoms with Crippen LogP contribution in [0.2, 0.25) is 0 Å². The normalized spacial score (nSPS) is 14.1. The summed E-state index contributed by atoms with van der Waals surface area (Å²) in [7, 11) is 0. The highest BCUT2D eigenvalue weighted by Gasteiger charge is 2.16. The van der Waals surface area contributed by atoms with Gasteiger partial charge >= 0.3 is 5.97 Å². The molecule has 5 heteroatoms. The zero-order valence-corrected chi connectivity index (χ0v) is 10.4. The van der Waals surface area contributed by atoms with Crippen LogP contribution in [-0.2, 0) is 0 Å². The van der Waals surface area contributed by atoms with E-state index in [1.165, 1.54) is 12.3 Å². The van der Waals surface area contributed by atoms with Crippen molar-refractivity contribution in [2.24, 2.45) is 5.92 Å². The molecular weight excluding hydrogens is 218 g/mol. The largest absolute Gasteiger partial charge is 0.478 e. The maximum atomic E-state index is 11.1. The van der Waals surface area contributed by atoms with Crippen LogP contribution in [0.1, 0.15) is 37.6 Å². The maximum absolute atomic E-state index is 11.1. The fourth-order valence-electron chi connectivity index (χ4n) is 1.47. The van der Waals surface area contributed by atoms with E-state index in [4.69, 9.17) is 10.8 Å². The van der Waals surface area contributed by atoms with E-state index < -0.39 is 5.97 Å². The number of carboxylic acids is 1. The molecular formula is C12H19N3O2. The van der Waals surface area contributed by atoms with Crippen molar-refractivity contribution in [1.82, 2.24) is 4.98 Å². The Labute approximate surface area is 101 Å². The van der Waals surface area contributed by atoms with E-state index in [0.717, 1.165) is 6.42 Å². The Morgan fingerprint density at radius 1 is 1.59 bits per heavy atom.